The molecule has 2 aromatic carbocycles. The minimum absolute atomic E-state index is 0.0547. The first-order valence-electron chi connectivity index (χ1n) is 7.25. The van der Waals surface area contributed by atoms with Gasteiger partial charge in [0.05, 0.1) is 5.69 Å². The summed E-state index contributed by atoms with van der Waals surface area (Å²) < 4.78 is 31.7. The van der Waals surface area contributed by atoms with Gasteiger partial charge >= 0.3 is 0 Å². The van der Waals surface area contributed by atoms with E-state index in [1.54, 1.807) is 18.2 Å². The number of nitrogens with zero attached hydrogens (tertiary/aromatic N) is 2. The summed E-state index contributed by atoms with van der Waals surface area (Å²) in [5, 5.41) is 6.23. The average Bonchev–Trinajstić information content (AvgIpc) is 3.04. The van der Waals surface area contributed by atoms with E-state index in [0.29, 0.717) is 5.56 Å². The molecule has 0 saturated heterocycles. The number of para-hydroxylation sites is 1. The van der Waals surface area contributed by atoms with Crippen molar-refractivity contribution in [3.63, 3.8) is 0 Å². The fraction of sp³-hybridized carbons (Fsp3) is 0.118. The molecule has 0 bridgehead atoms. The normalized spacial score (nSPS) is 10.6. The zero-order valence-corrected chi connectivity index (χ0v) is 12.5. The third-order valence-corrected chi connectivity index (χ3v) is 3.26. The first kappa shape index (κ1) is 15.8. The molecule has 0 saturated carbocycles. The van der Waals surface area contributed by atoms with Crippen LogP contribution in [0.3, 0.4) is 0 Å². The molecule has 0 aliphatic heterocycles. The highest BCUT2D eigenvalue weighted by atomic mass is 19.1. The van der Waals surface area contributed by atoms with Gasteiger partial charge in [-0.3, -0.25) is 4.79 Å². The Labute approximate surface area is 136 Å². The number of carbonyl (C=O) groups is 1. The molecule has 0 spiro atoms. The fourth-order valence-corrected chi connectivity index (χ4v) is 2.10. The maximum atomic E-state index is 13.5. The van der Waals surface area contributed by atoms with Crippen molar-refractivity contribution in [2.45, 2.75) is 12.8 Å². The smallest absolute Gasteiger partial charge is 0.227 e. The Morgan fingerprint density at radius 2 is 1.96 bits per heavy atom. The van der Waals surface area contributed by atoms with Gasteiger partial charge in [0.15, 0.2) is 0 Å². The van der Waals surface area contributed by atoms with Gasteiger partial charge in [0, 0.05) is 18.4 Å². The second-order valence-corrected chi connectivity index (χ2v) is 5.05. The molecular weight excluding hydrogens is 316 g/mol. The molecule has 0 aliphatic carbocycles. The molecule has 0 aliphatic rings. The number of halogens is 2. The SMILES string of the molecule is O=C(CCc1nc(-c2cccc(F)c2)no1)Nc1ccccc1F. The molecule has 3 aromatic rings. The summed E-state index contributed by atoms with van der Waals surface area (Å²) in [5.41, 5.74) is 0.606. The van der Waals surface area contributed by atoms with Gasteiger partial charge in [-0.05, 0) is 24.3 Å². The molecule has 0 unspecified atom stereocenters. The van der Waals surface area contributed by atoms with Crippen LogP contribution in [-0.2, 0) is 11.2 Å². The molecule has 0 atom stereocenters. The third kappa shape index (κ3) is 3.81. The lowest BCUT2D eigenvalue weighted by atomic mass is 10.2. The van der Waals surface area contributed by atoms with E-state index in [0.717, 1.165) is 0 Å². The molecule has 7 heteroatoms. The van der Waals surface area contributed by atoms with Crippen LogP contribution in [0.15, 0.2) is 53.1 Å². The number of hydrogen-bond donors (Lipinski definition) is 1. The van der Waals surface area contributed by atoms with Gasteiger partial charge in [-0.15, -0.1) is 0 Å². The Bertz CT molecular complexity index is 864. The number of benzene rings is 2. The van der Waals surface area contributed by atoms with Gasteiger partial charge in [-0.25, -0.2) is 8.78 Å². The maximum Gasteiger partial charge on any atom is 0.227 e. The fourth-order valence-electron chi connectivity index (χ4n) is 2.10. The molecule has 1 heterocycles. The summed E-state index contributed by atoms with van der Waals surface area (Å²) >= 11 is 0. The predicted octanol–water partition coefficient (Wildman–Crippen LogP) is 3.59. The average molecular weight is 329 g/mol. The number of amides is 1. The van der Waals surface area contributed by atoms with Gasteiger partial charge in [-0.2, -0.15) is 4.98 Å². The van der Waals surface area contributed by atoms with Crippen molar-refractivity contribution in [3.05, 3.63) is 66.1 Å². The summed E-state index contributed by atoms with van der Waals surface area (Å²) in [5.74, 6) is -0.775. The molecule has 24 heavy (non-hydrogen) atoms. The van der Waals surface area contributed by atoms with Crippen LogP contribution in [0.4, 0.5) is 14.5 Å². The van der Waals surface area contributed by atoms with Crippen LogP contribution in [-0.4, -0.2) is 16.0 Å². The Balaban J connectivity index is 1.59. The Kier molecular flexibility index (Phi) is 4.60. The van der Waals surface area contributed by atoms with E-state index in [9.17, 15) is 13.6 Å². The van der Waals surface area contributed by atoms with Gasteiger partial charge < -0.3 is 9.84 Å². The van der Waals surface area contributed by atoms with Crippen LogP contribution >= 0.6 is 0 Å². The van der Waals surface area contributed by atoms with Crippen LogP contribution < -0.4 is 5.32 Å². The lowest BCUT2D eigenvalue weighted by Gasteiger charge is -2.04. The molecule has 0 radical (unpaired) electrons. The lowest BCUT2D eigenvalue weighted by Crippen LogP contribution is -2.13. The molecule has 1 amide bonds. The van der Waals surface area contributed by atoms with Crippen molar-refractivity contribution in [2.24, 2.45) is 0 Å². The highest BCUT2D eigenvalue weighted by molar-refractivity contribution is 5.90. The van der Waals surface area contributed by atoms with E-state index in [1.165, 1.54) is 30.3 Å². The number of carbonyl (C=O) groups excluding carboxylic acids is 1. The molecule has 122 valence electrons. The maximum absolute atomic E-state index is 13.5. The number of anilines is 1. The number of rotatable bonds is 5. The summed E-state index contributed by atoms with van der Waals surface area (Å²) in [6, 6.07) is 11.7. The monoisotopic (exact) mass is 329 g/mol. The Morgan fingerprint density at radius 1 is 1.12 bits per heavy atom. The van der Waals surface area contributed by atoms with Crippen molar-refractivity contribution in [2.75, 3.05) is 5.32 Å². The van der Waals surface area contributed by atoms with Crippen molar-refractivity contribution in [3.8, 4) is 11.4 Å². The van der Waals surface area contributed by atoms with E-state index in [4.69, 9.17) is 4.52 Å². The molecular formula is C17H13F2N3O2. The molecule has 5 nitrogen and oxygen atoms in total. The van der Waals surface area contributed by atoms with Gasteiger partial charge in [0.2, 0.25) is 17.6 Å². The van der Waals surface area contributed by atoms with Gasteiger partial charge in [0.25, 0.3) is 0 Å². The third-order valence-electron chi connectivity index (χ3n) is 3.26. The van der Waals surface area contributed by atoms with Gasteiger partial charge in [0.1, 0.15) is 11.6 Å². The summed E-state index contributed by atoms with van der Waals surface area (Å²) in [4.78, 5) is 16.0. The zero-order chi connectivity index (χ0) is 16.9. The Hall–Kier alpha value is -3.09. The van der Waals surface area contributed by atoms with Crippen LogP contribution in [0.1, 0.15) is 12.3 Å². The van der Waals surface area contributed by atoms with Crippen molar-refractivity contribution in [1.29, 1.82) is 0 Å². The van der Waals surface area contributed by atoms with Crippen molar-refractivity contribution < 1.29 is 18.1 Å². The summed E-state index contributed by atoms with van der Waals surface area (Å²) in [6.45, 7) is 0. The number of aromatic nitrogens is 2. The lowest BCUT2D eigenvalue weighted by molar-refractivity contribution is -0.116. The highest BCUT2D eigenvalue weighted by Crippen LogP contribution is 2.17. The second kappa shape index (κ2) is 6.99. The van der Waals surface area contributed by atoms with Crippen molar-refractivity contribution in [1.82, 2.24) is 10.1 Å². The first-order valence-corrected chi connectivity index (χ1v) is 7.25. The molecule has 1 N–H and O–H groups in total. The van der Waals surface area contributed by atoms with E-state index in [1.807, 2.05) is 0 Å². The van der Waals surface area contributed by atoms with Crippen molar-refractivity contribution >= 4 is 11.6 Å². The second-order valence-electron chi connectivity index (χ2n) is 5.05. The highest BCUT2D eigenvalue weighted by Gasteiger charge is 2.12. The number of nitrogens with one attached hydrogen (secondary N) is 1. The molecule has 0 fully saturated rings. The van der Waals surface area contributed by atoms with Gasteiger partial charge in [-0.1, -0.05) is 29.4 Å². The number of hydrogen-bond acceptors (Lipinski definition) is 4. The topological polar surface area (TPSA) is 68.0 Å². The summed E-state index contributed by atoms with van der Waals surface area (Å²) in [7, 11) is 0. The van der Waals surface area contributed by atoms with Crippen LogP contribution in [0, 0.1) is 11.6 Å². The first-order chi connectivity index (χ1) is 11.6. The van der Waals surface area contributed by atoms with E-state index < -0.39 is 11.6 Å². The van der Waals surface area contributed by atoms with E-state index in [2.05, 4.69) is 15.5 Å². The zero-order valence-electron chi connectivity index (χ0n) is 12.5. The number of aryl methyl sites for hydroxylation is 1. The minimum Gasteiger partial charge on any atom is -0.339 e. The predicted molar refractivity (Wildman–Crippen MR) is 83.0 cm³/mol. The largest absolute Gasteiger partial charge is 0.339 e. The molecule has 1 aromatic heterocycles. The van der Waals surface area contributed by atoms with Crippen LogP contribution in [0.2, 0.25) is 0 Å². The molecule has 3 rings (SSSR count). The van der Waals surface area contributed by atoms with Crippen LogP contribution in [0.5, 0.6) is 0 Å². The standard InChI is InChI=1S/C17H13F2N3O2/c18-12-5-3-4-11(10-12)17-21-16(24-22-17)9-8-15(23)20-14-7-2-1-6-13(14)19/h1-7,10H,8-9H2,(H,20,23). The van der Waals surface area contributed by atoms with Crippen LogP contribution in [0.25, 0.3) is 11.4 Å². The van der Waals surface area contributed by atoms with E-state index in [-0.39, 0.29) is 36.2 Å². The van der Waals surface area contributed by atoms with E-state index >= 15 is 0 Å². The summed E-state index contributed by atoms with van der Waals surface area (Å²) in [6.07, 6.45) is 0.252. The quantitative estimate of drug-likeness (QED) is 0.777. The minimum atomic E-state index is -0.503. The Morgan fingerprint density at radius 3 is 2.75 bits per heavy atom.